The maximum Gasteiger partial charge on any atom is 0.270 e. The van der Waals surface area contributed by atoms with Gasteiger partial charge in [-0.05, 0) is 23.8 Å². The molecule has 1 atom stereocenters. The number of carbonyl (C=O) groups is 2. The van der Waals surface area contributed by atoms with Gasteiger partial charge < -0.3 is 20.2 Å². The van der Waals surface area contributed by atoms with Crippen LogP contribution in [0, 0.1) is 11.3 Å². The molecule has 0 fully saturated rings. The van der Waals surface area contributed by atoms with Crippen molar-refractivity contribution in [2.75, 3.05) is 6.54 Å². The maximum absolute atomic E-state index is 13.0. The number of amides is 2. The molecule has 0 aliphatic carbocycles. The van der Waals surface area contributed by atoms with Crippen molar-refractivity contribution in [2.45, 2.75) is 45.3 Å². The van der Waals surface area contributed by atoms with E-state index in [2.05, 4.69) is 25.9 Å². The Morgan fingerprint density at radius 1 is 1.26 bits per heavy atom. The van der Waals surface area contributed by atoms with Crippen LogP contribution in [0.4, 0.5) is 0 Å². The molecule has 0 saturated carbocycles. The fraction of sp³-hybridized carbons (Fsp3) is 0.391. The van der Waals surface area contributed by atoms with Crippen molar-refractivity contribution >= 4 is 11.8 Å². The van der Waals surface area contributed by atoms with Gasteiger partial charge >= 0.3 is 0 Å². The van der Waals surface area contributed by atoms with E-state index in [9.17, 15) is 9.59 Å². The lowest BCUT2D eigenvalue weighted by Crippen LogP contribution is -2.48. The van der Waals surface area contributed by atoms with Gasteiger partial charge in [0.1, 0.15) is 24.9 Å². The van der Waals surface area contributed by atoms with Crippen molar-refractivity contribution in [3.63, 3.8) is 0 Å². The predicted octanol–water partition coefficient (Wildman–Crippen LogP) is 1.24. The zero-order valence-electron chi connectivity index (χ0n) is 19.5. The molecule has 0 spiro atoms. The molecule has 0 saturated heterocycles. The maximum atomic E-state index is 13.0. The Morgan fingerprint density at radius 3 is 2.65 bits per heavy atom. The Morgan fingerprint density at radius 2 is 2.03 bits per heavy atom. The molecule has 0 radical (unpaired) electrons. The molecule has 3 rings (SSSR count). The number of nitriles is 1. The number of aryl methyl sites for hydroxylation is 1. The van der Waals surface area contributed by atoms with Crippen molar-refractivity contribution in [3.8, 4) is 17.5 Å². The van der Waals surface area contributed by atoms with Gasteiger partial charge in [-0.1, -0.05) is 32.9 Å². The molecule has 11 nitrogen and oxygen atoms in total. The number of hydrogen-bond acceptors (Lipinski definition) is 8. The normalized spacial score (nSPS) is 12.1. The molecule has 0 aliphatic heterocycles. The van der Waals surface area contributed by atoms with Gasteiger partial charge in [0.05, 0.1) is 11.8 Å². The third-order valence-corrected chi connectivity index (χ3v) is 5.06. The van der Waals surface area contributed by atoms with Crippen LogP contribution in [0.5, 0.6) is 0 Å². The van der Waals surface area contributed by atoms with Crippen LogP contribution in [0.2, 0.25) is 0 Å². The quantitative estimate of drug-likeness (QED) is 0.419. The van der Waals surface area contributed by atoms with Gasteiger partial charge in [0.15, 0.2) is 0 Å². The average Bonchev–Trinajstić information content (AvgIpc) is 3.44. The molecule has 2 heterocycles. The highest BCUT2D eigenvalue weighted by Gasteiger charge is 2.26. The van der Waals surface area contributed by atoms with E-state index in [-0.39, 0.29) is 36.8 Å². The van der Waals surface area contributed by atoms with E-state index in [1.165, 1.54) is 4.68 Å². The van der Waals surface area contributed by atoms with Crippen LogP contribution < -0.4 is 10.6 Å². The summed E-state index contributed by atoms with van der Waals surface area (Å²) < 4.78 is 6.86. The highest BCUT2D eigenvalue weighted by Crippen LogP contribution is 2.22. The molecule has 3 N–H and O–H groups in total. The standard InChI is InChI=1S/C23H27N7O4/c1-23(2,3)18-12-17(30(4)29-18)21(33)26-16(20(32)25-9-8-24)11-14-6-5-7-15(10-14)22-28-27-19(13-31)34-22/h5-7,10,12,16,31H,9,11,13H2,1-4H3,(H,25,32)(H,26,33)/t16-/m0/s1. The molecule has 0 aliphatic rings. The molecule has 3 aromatic rings. The summed E-state index contributed by atoms with van der Waals surface area (Å²) in [7, 11) is 1.67. The molecular weight excluding hydrogens is 438 g/mol. The van der Waals surface area contributed by atoms with E-state index in [4.69, 9.17) is 14.8 Å². The molecule has 0 bridgehead atoms. The number of aromatic nitrogens is 4. The van der Waals surface area contributed by atoms with Gasteiger partial charge in [0.25, 0.3) is 5.91 Å². The molecular formula is C23H27N7O4. The smallest absolute Gasteiger partial charge is 0.270 e. The number of carbonyl (C=O) groups excluding carboxylic acids is 2. The first kappa shape index (κ1) is 24.6. The number of benzene rings is 1. The highest BCUT2D eigenvalue weighted by molar-refractivity contribution is 5.96. The first-order chi connectivity index (χ1) is 16.1. The number of aliphatic hydroxyl groups is 1. The summed E-state index contributed by atoms with van der Waals surface area (Å²) in [5, 5.41) is 35.3. The summed E-state index contributed by atoms with van der Waals surface area (Å²) in [6.07, 6.45) is 0.155. The minimum Gasteiger partial charge on any atom is -0.418 e. The van der Waals surface area contributed by atoms with Crippen molar-refractivity contribution < 1.29 is 19.1 Å². The molecule has 2 amide bonds. The molecule has 2 aromatic heterocycles. The van der Waals surface area contributed by atoms with E-state index < -0.39 is 17.9 Å². The number of rotatable bonds is 8. The van der Waals surface area contributed by atoms with Gasteiger partial charge in [0, 0.05) is 24.4 Å². The molecule has 1 aromatic carbocycles. The highest BCUT2D eigenvalue weighted by atomic mass is 16.4. The van der Waals surface area contributed by atoms with Crippen molar-refractivity contribution in [3.05, 3.63) is 53.2 Å². The summed E-state index contributed by atoms with van der Waals surface area (Å²) in [6.45, 7) is 5.43. The topological polar surface area (TPSA) is 159 Å². The summed E-state index contributed by atoms with van der Waals surface area (Å²) in [5.74, 6) is -0.626. The third-order valence-electron chi connectivity index (χ3n) is 5.06. The Kier molecular flexibility index (Phi) is 7.43. The largest absolute Gasteiger partial charge is 0.418 e. The first-order valence-corrected chi connectivity index (χ1v) is 10.6. The van der Waals surface area contributed by atoms with Gasteiger partial charge in [-0.2, -0.15) is 10.4 Å². The minimum absolute atomic E-state index is 0.0900. The number of aliphatic hydroxyl groups excluding tert-OH is 1. The molecule has 11 heteroatoms. The second kappa shape index (κ2) is 10.3. The second-order valence-corrected chi connectivity index (χ2v) is 8.75. The lowest BCUT2D eigenvalue weighted by Gasteiger charge is -2.18. The van der Waals surface area contributed by atoms with Crippen LogP contribution >= 0.6 is 0 Å². The monoisotopic (exact) mass is 465 g/mol. The number of nitrogens with one attached hydrogen (secondary N) is 2. The van der Waals surface area contributed by atoms with Crippen LogP contribution in [0.3, 0.4) is 0 Å². The SMILES string of the molecule is Cn1nc(C(C)(C)C)cc1C(=O)N[C@@H](Cc1cccc(-c2nnc(CO)o2)c1)C(=O)NCC#N. The Labute approximate surface area is 196 Å². The van der Waals surface area contributed by atoms with E-state index in [1.807, 2.05) is 26.8 Å². The van der Waals surface area contributed by atoms with E-state index in [0.29, 0.717) is 11.3 Å². The predicted molar refractivity (Wildman–Crippen MR) is 121 cm³/mol. The summed E-state index contributed by atoms with van der Waals surface area (Å²) in [5.41, 5.74) is 2.15. The van der Waals surface area contributed by atoms with Crippen molar-refractivity contribution in [1.29, 1.82) is 5.26 Å². The summed E-state index contributed by atoms with van der Waals surface area (Å²) in [4.78, 5) is 25.8. The van der Waals surface area contributed by atoms with Crippen molar-refractivity contribution in [2.24, 2.45) is 7.05 Å². The molecule has 0 unspecified atom stereocenters. The number of hydrogen-bond donors (Lipinski definition) is 3. The number of nitrogens with zero attached hydrogens (tertiary/aromatic N) is 5. The fourth-order valence-electron chi connectivity index (χ4n) is 3.24. The Balaban J connectivity index is 1.84. The lowest BCUT2D eigenvalue weighted by atomic mass is 9.92. The van der Waals surface area contributed by atoms with Gasteiger partial charge in [0.2, 0.25) is 17.7 Å². The molecule has 178 valence electrons. The zero-order chi connectivity index (χ0) is 24.9. The average molecular weight is 466 g/mol. The van der Waals surface area contributed by atoms with Crippen molar-refractivity contribution in [1.82, 2.24) is 30.6 Å². The van der Waals surface area contributed by atoms with Crippen LogP contribution in [0.25, 0.3) is 11.5 Å². The van der Waals surface area contributed by atoms with E-state index in [1.54, 1.807) is 37.4 Å². The molecule has 34 heavy (non-hydrogen) atoms. The van der Waals surface area contributed by atoms with Gasteiger partial charge in [-0.3, -0.25) is 14.3 Å². The van der Waals surface area contributed by atoms with Crippen LogP contribution in [-0.2, 0) is 30.3 Å². The fourth-order valence-corrected chi connectivity index (χ4v) is 3.24. The summed E-state index contributed by atoms with van der Waals surface area (Å²) in [6, 6.07) is 9.69. The Hall–Kier alpha value is -4.04. The minimum atomic E-state index is -0.945. The summed E-state index contributed by atoms with van der Waals surface area (Å²) >= 11 is 0. The third kappa shape index (κ3) is 5.85. The lowest BCUT2D eigenvalue weighted by molar-refractivity contribution is -0.122. The van der Waals surface area contributed by atoms with Gasteiger partial charge in [-0.15, -0.1) is 10.2 Å². The zero-order valence-corrected chi connectivity index (χ0v) is 19.5. The second-order valence-electron chi connectivity index (χ2n) is 8.75. The van der Waals surface area contributed by atoms with Gasteiger partial charge in [-0.25, -0.2) is 0 Å². The van der Waals surface area contributed by atoms with Crippen LogP contribution in [0.1, 0.15) is 48.4 Å². The van der Waals surface area contributed by atoms with E-state index >= 15 is 0 Å². The first-order valence-electron chi connectivity index (χ1n) is 10.6. The van der Waals surface area contributed by atoms with E-state index in [0.717, 1.165) is 11.3 Å². The van der Waals surface area contributed by atoms with Crippen LogP contribution in [0.15, 0.2) is 34.7 Å². The van der Waals surface area contributed by atoms with Crippen LogP contribution in [-0.4, -0.2) is 49.5 Å². The Bertz CT molecular complexity index is 1220.